The number of hydrogen-bond donors (Lipinski definition) is 1. The second-order valence-electron chi connectivity index (χ2n) is 8.39. The summed E-state index contributed by atoms with van der Waals surface area (Å²) in [6.07, 6.45) is 2.19. The summed E-state index contributed by atoms with van der Waals surface area (Å²) in [4.78, 5) is 28.0. The molecule has 1 aliphatic heterocycles. The van der Waals surface area contributed by atoms with Gasteiger partial charge >= 0.3 is 0 Å². The van der Waals surface area contributed by atoms with Crippen molar-refractivity contribution in [2.24, 2.45) is 0 Å². The number of benzene rings is 1. The number of carbonyl (C=O) groups excluding carboxylic acids is 1. The van der Waals surface area contributed by atoms with E-state index in [1.807, 2.05) is 41.3 Å². The molecule has 0 radical (unpaired) electrons. The molecule has 2 aromatic rings. The van der Waals surface area contributed by atoms with Gasteiger partial charge in [-0.1, -0.05) is 29.3 Å². The molecule has 9 nitrogen and oxygen atoms in total. The molecule has 0 atom stereocenters. The number of piperazine rings is 1. The molecule has 1 N–H and O–H groups in total. The number of carbonyl (C=O) groups is 1. The first-order valence-electron chi connectivity index (χ1n) is 11.7. The Morgan fingerprint density at radius 1 is 1.17 bits per heavy atom. The third-order valence-electron chi connectivity index (χ3n) is 5.95. The summed E-state index contributed by atoms with van der Waals surface area (Å²) in [6, 6.07) is 7.31. The van der Waals surface area contributed by atoms with Gasteiger partial charge in [-0.3, -0.25) is 4.79 Å². The lowest BCUT2D eigenvalue weighted by molar-refractivity contribution is -0.131. The maximum absolute atomic E-state index is 12.4. The van der Waals surface area contributed by atoms with Crippen molar-refractivity contribution in [3.8, 4) is 0 Å². The summed E-state index contributed by atoms with van der Waals surface area (Å²) in [5.41, 5.74) is 0.910. The minimum absolute atomic E-state index is 0.200. The van der Waals surface area contributed by atoms with E-state index < -0.39 is 6.29 Å². The number of rotatable bonds is 12. The first kappa shape index (κ1) is 28.6. The Kier molecular flexibility index (Phi) is 11.2. The molecule has 1 aliphatic rings. The van der Waals surface area contributed by atoms with Gasteiger partial charge in [0.1, 0.15) is 11.6 Å². The van der Waals surface area contributed by atoms with E-state index in [4.69, 9.17) is 42.6 Å². The third kappa shape index (κ3) is 8.01. The Bertz CT molecular complexity index is 1010. The second kappa shape index (κ2) is 14.1. The first-order valence-corrected chi connectivity index (χ1v) is 13.8. The van der Waals surface area contributed by atoms with Gasteiger partial charge in [0.15, 0.2) is 6.29 Å². The zero-order valence-electron chi connectivity index (χ0n) is 21.2. The van der Waals surface area contributed by atoms with Crippen LogP contribution < -0.4 is 15.1 Å². The summed E-state index contributed by atoms with van der Waals surface area (Å²) < 4.78 is 10.7. The summed E-state index contributed by atoms with van der Waals surface area (Å²) in [5, 5.41) is 4.55. The molecule has 0 spiro atoms. The standard InChI is InChI=1S/C24H34Cl2N6O3S/c1-30(16-23(34-2)35-3)21-14-20(27-15-17-5-6-18(25)13-19(17)26)28-24(29-21)32-10-8-31(9-11-32)22(33)7-12-36-4/h5-6,13-14,23H,7-12,15-16H2,1-4H3,(H,27,28,29). The van der Waals surface area contributed by atoms with Crippen LogP contribution in [-0.2, 0) is 20.8 Å². The van der Waals surface area contributed by atoms with E-state index in [0.717, 1.165) is 17.1 Å². The summed E-state index contributed by atoms with van der Waals surface area (Å²) >= 11 is 14.1. The highest BCUT2D eigenvalue weighted by Crippen LogP contribution is 2.25. The lowest BCUT2D eigenvalue weighted by Gasteiger charge is -2.35. The highest BCUT2D eigenvalue weighted by molar-refractivity contribution is 7.98. The predicted octanol–water partition coefficient (Wildman–Crippen LogP) is 3.85. The molecule has 1 amide bonds. The van der Waals surface area contributed by atoms with Crippen LogP contribution in [0.3, 0.4) is 0 Å². The van der Waals surface area contributed by atoms with E-state index in [2.05, 4.69) is 10.2 Å². The third-order valence-corrected chi connectivity index (χ3v) is 7.15. The zero-order valence-corrected chi connectivity index (χ0v) is 23.5. The van der Waals surface area contributed by atoms with Crippen LogP contribution in [0.15, 0.2) is 24.3 Å². The Morgan fingerprint density at radius 2 is 1.89 bits per heavy atom. The van der Waals surface area contributed by atoms with Crippen molar-refractivity contribution in [1.82, 2.24) is 14.9 Å². The van der Waals surface area contributed by atoms with Crippen molar-refractivity contribution in [3.63, 3.8) is 0 Å². The average molecular weight is 558 g/mol. The predicted molar refractivity (Wildman–Crippen MR) is 149 cm³/mol. The first-order chi connectivity index (χ1) is 17.3. The van der Waals surface area contributed by atoms with Crippen molar-refractivity contribution < 1.29 is 14.3 Å². The number of methoxy groups -OCH3 is 2. The minimum atomic E-state index is -0.395. The van der Waals surface area contributed by atoms with Crippen molar-refractivity contribution in [2.75, 3.05) is 81.1 Å². The van der Waals surface area contributed by atoms with Gasteiger partial charge in [-0.2, -0.15) is 21.7 Å². The van der Waals surface area contributed by atoms with Gasteiger partial charge in [0.05, 0.1) is 6.54 Å². The fourth-order valence-corrected chi connectivity index (χ4v) is 4.62. The van der Waals surface area contributed by atoms with Crippen LogP contribution in [0, 0.1) is 0 Å². The average Bonchev–Trinajstić information content (AvgIpc) is 2.89. The van der Waals surface area contributed by atoms with Crippen LogP contribution in [0.4, 0.5) is 17.6 Å². The smallest absolute Gasteiger partial charge is 0.229 e. The fourth-order valence-electron chi connectivity index (χ4n) is 3.77. The van der Waals surface area contributed by atoms with E-state index in [1.165, 1.54) is 0 Å². The largest absolute Gasteiger partial charge is 0.366 e. The van der Waals surface area contributed by atoms with Gasteiger partial charge < -0.3 is 29.5 Å². The molecule has 1 aromatic carbocycles. The Labute approximate surface area is 227 Å². The Balaban J connectivity index is 1.78. The number of hydrogen-bond acceptors (Lipinski definition) is 9. The molecular formula is C24H34Cl2N6O3S. The van der Waals surface area contributed by atoms with E-state index in [-0.39, 0.29) is 5.91 Å². The maximum atomic E-state index is 12.4. The van der Waals surface area contributed by atoms with Gasteiger partial charge in [0.2, 0.25) is 11.9 Å². The summed E-state index contributed by atoms with van der Waals surface area (Å²) in [5.74, 6) is 3.03. The fraction of sp³-hybridized carbons (Fsp3) is 0.542. The number of nitrogens with zero attached hydrogens (tertiary/aromatic N) is 5. The SMILES string of the molecule is COC(CN(C)c1cc(NCc2ccc(Cl)cc2Cl)nc(N2CCN(C(=O)CCSC)CC2)n1)OC. The molecular weight excluding hydrogens is 523 g/mol. The van der Waals surface area contributed by atoms with Crippen LogP contribution in [0.1, 0.15) is 12.0 Å². The molecule has 0 aliphatic carbocycles. The van der Waals surface area contributed by atoms with Crippen molar-refractivity contribution in [1.29, 1.82) is 0 Å². The number of aromatic nitrogens is 2. The topological polar surface area (TPSA) is 83.1 Å². The summed E-state index contributed by atoms with van der Waals surface area (Å²) in [6.45, 7) is 3.60. The normalized spacial score (nSPS) is 13.9. The Morgan fingerprint density at radius 3 is 2.53 bits per heavy atom. The van der Waals surface area contributed by atoms with Gasteiger partial charge in [-0.15, -0.1) is 0 Å². The van der Waals surface area contributed by atoms with Crippen molar-refractivity contribution >= 4 is 58.5 Å². The monoisotopic (exact) mass is 556 g/mol. The van der Waals surface area contributed by atoms with E-state index >= 15 is 0 Å². The molecule has 3 rings (SSSR count). The van der Waals surface area contributed by atoms with E-state index in [9.17, 15) is 4.79 Å². The number of likely N-dealkylation sites (N-methyl/N-ethyl adjacent to an activating group) is 1. The molecule has 1 saturated heterocycles. The molecule has 0 unspecified atom stereocenters. The molecule has 1 aromatic heterocycles. The van der Waals surface area contributed by atoms with Crippen LogP contribution in [-0.4, -0.2) is 93.1 Å². The van der Waals surface area contributed by atoms with Gasteiger partial charge in [0.25, 0.3) is 0 Å². The molecule has 0 bridgehead atoms. The van der Waals surface area contributed by atoms with E-state index in [1.54, 1.807) is 32.0 Å². The van der Waals surface area contributed by atoms with Crippen LogP contribution in [0.2, 0.25) is 10.0 Å². The highest BCUT2D eigenvalue weighted by atomic mass is 35.5. The number of anilines is 3. The quantitative estimate of drug-likeness (QED) is 0.392. The molecule has 198 valence electrons. The number of ether oxygens (including phenoxy) is 2. The maximum Gasteiger partial charge on any atom is 0.229 e. The number of nitrogens with one attached hydrogen (secondary N) is 1. The molecule has 12 heteroatoms. The van der Waals surface area contributed by atoms with Crippen molar-refractivity contribution in [2.45, 2.75) is 19.3 Å². The summed E-state index contributed by atoms with van der Waals surface area (Å²) in [7, 11) is 5.14. The minimum Gasteiger partial charge on any atom is -0.366 e. The van der Waals surface area contributed by atoms with E-state index in [0.29, 0.717) is 67.5 Å². The molecule has 2 heterocycles. The van der Waals surface area contributed by atoms with Gasteiger partial charge in [-0.05, 0) is 24.0 Å². The molecule has 1 fully saturated rings. The zero-order chi connectivity index (χ0) is 26.1. The molecule has 36 heavy (non-hydrogen) atoms. The molecule has 0 saturated carbocycles. The number of amides is 1. The number of thioether (sulfide) groups is 1. The Hall–Kier alpha value is -1.98. The number of halogens is 2. The van der Waals surface area contributed by atoms with Crippen LogP contribution in [0.25, 0.3) is 0 Å². The highest BCUT2D eigenvalue weighted by Gasteiger charge is 2.24. The van der Waals surface area contributed by atoms with Crippen LogP contribution >= 0.6 is 35.0 Å². The lowest BCUT2D eigenvalue weighted by Crippen LogP contribution is -2.49. The van der Waals surface area contributed by atoms with Gasteiger partial charge in [-0.25, -0.2) is 0 Å². The van der Waals surface area contributed by atoms with Crippen LogP contribution in [0.5, 0.6) is 0 Å². The second-order valence-corrected chi connectivity index (χ2v) is 10.2. The van der Waals surface area contributed by atoms with Gasteiger partial charge in [0, 0.05) is 82.3 Å². The van der Waals surface area contributed by atoms with Crippen molar-refractivity contribution in [3.05, 3.63) is 39.9 Å². The lowest BCUT2D eigenvalue weighted by atomic mass is 10.2.